The van der Waals surface area contributed by atoms with Gasteiger partial charge in [0.2, 0.25) is 0 Å². The van der Waals surface area contributed by atoms with Crippen molar-refractivity contribution < 1.29 is 0 Å². The second kappa shape index (κ2) is 4.03. The monoisotopic (exact) mass is 253 g/mol. The van der Waals surface area contributed by atoms with E-state index in [1.807, 2.05) is 0 Å². The van der Waals surface area contributed by atoms with Crippen molar-refractivity contribution in [2.75, 3.05) is 0 Å². The summed E-state index contributed by atoms with van der Waals surface area (Å²) in [7, 11) is 0. The second-order valence-electron chi connectivity index (χ2n) is 4.31. The summed E-state index contributed by atoms with van der Waals surface area (Å²) in [5, 5.41) is 0. The number of rotatable bonds is 3. The molecule has 0 amide bonds. The Labute approximate surface area is 93.8 Å². The Bertz CT molecular complexity index is 318. The first-order chi connectivity index (χ1) is 6.70. The zero-order chi connectivity index (χ0) is 10.0. The highest BCUT2D eigenvalue weighted by Gasteiger charge is 2.31. The normalized spacial score (nSPS) is 19.0. The third kappa shape index (κ3) is 2.18. The Hall–Kier alpha value is -0.340. The molecule has 0 aromatic heterocycles. The summed E-state index contributed by atoms with van der Waals surface area (Å²) in [5.74, 6) is 0. The largest absolute Gasteiger partial charge is 0.325 e. The summed E-state index contributed by atoms with van der Waals surface area (Å²) in [5.41, 5.74) is 7.71. The van der Waals surface area contributed by atoms with Gasteiger partial charge in [0.15, 0.2) is 0 Å². The van der Waals surface area contributed by atoms with Crippen LogP contribution in [0, 0.1) is 0 Å². The first-order valence-electron chi connectivity index (χ1n) is 5.22. The van der Waals surface area contributed by atoms with Crippen molar-refractivity contribution in [3.05, 3.63) is 34.3 Å². The molecule has 2 heteroatoms. The number of halogens is 1. The quantitative estimate of drug-likeness (QED) is 0.880. The molecule has 0 unspecified atom stereocenters. The van der Waals surface area contributed by atoms with Gasteiger partial charge in [0.25, 0.3) is 0 Å². The predicted molar refractivity (Wildman–Crippen MR) is 63.2 cm³/mol. The lowest BCUT2D eigenvalue weighted by molar-refractivity contribution is 0.232. The number of nitrogens with two attached hydrogens (primary N) is 1. The minimum Gasteiger partial charge on any atom is -0.325 e. The van der Waals surface area contributed by atoms with Gasteiger partial charge >= 0.3 is 0 Å². The highest BCUT2D eigenvalue weighted by molar-refractivity contribution is 9.10. The summed E-state index contributed by atoms with van der Waals surface area (Å²) in [6.07, 6.45) is 5.94. The first kappa shape index (κ1) is 10.2. The smallest absolute Gasteiger partial charge is 0.0207 e. The highest BCUT2D eigenvalue weighted by Crippen LogP contribution is 2.33. The molecule has 1 fully saturated rings. The third-order valence-corrected chi connectivity index (χ3v) is 3.97. The number of hydrogen-bond donors (Lipinski definition) is 1. The number of benzene rings is 1. The molecule has 1 saturated carbocycles. The van der Waals surface area contributed by atoms with Gasteiger partial charge < -0.3 is 5.73 Å². The van der Waals surface area contributed by atoms with Gasteiger partial charge in [-0.05, 0) is 43.7 Å². The van der Waals surface area contributed by atoms with E-state index in [-0.39, 0.29) is 5.54 Å². The summed E-state index contributed by atoms with van der Waals surface area (Å²) in [6.45, 7) is 0. The van der Waals surface area contributed by atoms with Crippen molar-refractivity contribution in [1.29, 1.82) is 0 Å². The average Bonchev–Trinajstić information content (AvgIpc) is 2.14. The Balaban J connectivity index is 1.95. The first-order valence-corrected chi connectivity index (χ1v) is 6.01. The molecular formula is C12H16BrN. The Morgan fingerprint density at radius 2 is 2.00 bits per heavy atom. The number of hydrogen-bond acceptors (Lipinski definition) is 1. The van der Waals surface area contributed by atoms with E-state index in [2.05, 4.69) is 40.2 Å². The van der Waals surface area contributed by atoms with Gasteiger partial charge in [-0.3, -0.25) is 0 Å². The molecule has 1 aromatic carbocycles. The lowest BCUT2D eigenvalue weighted by Crippen LogP contribution is -2.46. The van der Waals surface area contributed by atoms with Crippen molar-refractivity contribution >= 4 is 15.9 Å². The zero-order valence-electron chi connectivity index (χ0n) is 8.30. The number of aryl methyl sites for hydroxylation is 1. The molecule has 0 heterocycles. The van der Waals surface area contributed by atoms with Crippen LogP contribution < -0.4 is 5.73 Å². The molecule has 0 radical (unpaired) electrons. The van der Waals surface area contributed by atoms with Crippen LogP contribution in [0.4, 0.5) is 0 Å². The molecule has 0 bridgehead atoms. The zero-order valence-corrected chi connectivity index (χ0v) is 9.89. The van der Waals surface area contributed by atoms with Crippen LogP contribution in [0.1, 0.15) is 31.2 Å². The van der Waals surface area contributed by atoms with Crippen LogP contribution >= 0.6 is 15.9 Å². The highest BCUT2D eigenvalue weighted by atomic mass is 79.9. The van der Waals surface area contributed by atoms with Crippen molar-refractivity contribution in [2.45, 2.75) is 37.6 Å². The van der Waals surface area contributed by atoms with Crippen molar-refractivity contribution in [1.82, 2.24) is 0 Å². The van der Waals surface area contributed by atoms with Gasteiger partial charge in [0.1, 0.15) is 0 Å². The Morgan fingerprint density at radius 3 is 2.57 bits per heavy atom. The van der Waals surface area contributed by atoms with Crippen LogP contribution in [0.3, 0.4) is 0 Å². The van der Waals surface area contributed by atoms with Crippen LogP contribution in [-0.4, -0.2) is 5.54 Å². The van der Waals surface area contributed by atoms with Gasteiger partial charge in [-0.15, -0.1) is 0 Å². The fourth-order valence-corrected chi connectivity index (χ4v) is 2.45. The SMILES string of the molecule is NC1(CCc2ccccc2Br)CCC1. The molecule has 0 aliphatic heterocycles. The minimum absolute atomic E-state index is 0.148. The van der Waals surface area contributed by atoms with E-state index in [0.717, 1.165) is 12.8 Å². The van der Waals surface area contributed by atoms with E-state index in [9.17, 15) is 0 Å². The van der Waals surface area contributed by atoms with E-state index in [4.69, 9.17) is 5.73 Å². The van der Waals surface area contributed by atoms with E-state index in [1.54, 1.807) is 0 Å². The molecule has 0 atom stereocenters. The van der Waals surface area contributed by atoms with E-state index < -0.39 is 0 Å². The van der Waals surface area contributed by atoms with Crippen LogP contribution in [0.25, 0.3) is 0 Å². The summed E-state index contributed by atoms with van der Waals surface area (Å²) >= 11 is 3.56. The topological polar surface area (TPSA) is 26.0 Å². The standard InChI is InChI=1S/C12H16BrN/c13-11-5-2-1-4-10(11)6-9-12(14)7-3-8-12/h1-2,4-5H,3,6-9,14H2. The molecule has 1 aromatic rings. The van der Waals surface area contributed by atoms with E-state index in [0.29, 0.717) is 0 Å². The minimum atomic E-state index is 0.148. The van der Waals surface area contributed by atoms with Crippen LogP contribution in [0.5, 0.6) is 0 Å². The summed E-state index contributed by atoms with van der Waals surface area (Å²) < 4.78 is 1.21. The lowest BCUT2D eigenvalue weighted by atomic mass is 9.74. The van der Waals surface area contributed by atoms with Gasteiger partial charge in [-0.25, -0.2) is 0 Å². The summed E-state index contributed by atoms with van der Waals surface area (Å²) in [6, 6.07) is 8.41. The second-order valence-corrected chi connectivity index (χ2v) is 5.16. The van der Waals surface area contributed by atoms with Gasteiger partial charge in [-0.1, -0.05) is 34.1 Å². The molecule has 2 rings (SSSR count). The van der Waals surface area contributed by atoms with Crippen molar-refractivity contribution in [3.63, 3.8) is 0 Å². The van der Waals surface area contributed by atoms with Gasteiger partial charge in [-0.2, -0.15) is 0 Å². The molecule has 1 aliphatic carbocycles. The molecule has 1 nitrogen and oxygen atoms in total. The molecule has 0 spiro atoms. The van der Waals surface area contributed by atoms with Crippen LogP contribution in [0.2, 0.25) is 0 Å². The molecule has 2 N–H and O–H groups in total. The Kier molecular flexibility index (Phi) is 2.93. The molecule has 1 aliphatic rings. The van der Waals surface area contributed by atoms with Gasteiger partial charge in [0, 0.05) is 10.0 Å². The van der Waals surface area contributed by atoms with Crippen LogP contribution in [-0.2, 0) is 6.42 Å². The molecule has 14 heavy (non-hydrogen) atoms. The fraction of sp³-hybridized carbons (Fsp3) is 0.500. The van der Waals surface area contributed by atoms with Gasteiger partial charge in [0.05, 0.1) is 0 Å². The fourth-order valence-electron chi connectivity index (χ4n) is 1.97. The third-order valence-electron chi connectivity index (χ3n) is 3.20. The Morgan fingerprint density at radius 1 is 1.29 bits per heavy atom. The molecule has 76 valence electrons. The van der Waals surface area contributed by atoms with E-state index in [1.165, 1.54) is 29.3 Å². The predicted octanol–water partition coefficient (Wildman–Crippen LogP) is 3.26. The average molecular weight is 254 g/mol. The summed E-state index contributed by atoms with van der Waals surface area (Å²) in [4.78, 5) is 0. The van der Waals surface area contributed by atoms with Crippen molar-refractivity contribution in [3.8, 4) is 0 Å². The van der Waals surface area contributed by atoms with E-state index >= 15 is 0 Å². The maximum Gasteiger partial charge on any atom is 0.0207 e. The molecule has 0 saturated heterocycles. The van der Waals surface area contributed by atoms with Crippen LogP contribution in [0.15, 0.2) is 28.7 Å². The maximum absolute atomic E-state index is 6.19. The molecular weight excluding hydrogens is 238 g/mol. The maximum atomic E-state index is 6.19. The lowest BCUT2D eigenvalue weighted by Gasteiger charge is -2.38. The van der Waals surface area contributed by atoms with Crippen molar-refractivity contribution in [2.24, 2.45) is 5.73 Å².